The van der Waals surface area contributed by atoms with E-state index in [1.807, 2.05) is 0 Å². The highest BCUT2D eigenvalue weighted by Gasteiger charge is 2.44. The molecule has 0 spiro atoms. The van der Waals surface area contributed by atoms with Gasteiger partial charge in [-0.05, 0) is 35.6 Å². The molecule has 0 amide bonds. The fraction of sp³-hybridized carbons (Fsp3) is 0.265. The predicted octanol–water partition coefficient (Wildman–Crippen LogP) is 6.33. The van der Waals surface area contributed by atoms with Crippen molar-refractivity contribution in [3.05, 3.63) is 137 Å². The molecule has 1 aliphatic heterocycles. The zero-order valence-corrected chi connectivity index (χ0v) is 24.3. The average Bonchev–Trinajstić information content (AvgIpc) is 3.48. The second kappa shape index (κ2) is 13.1. The molecule has 5 rings (SSSR count). The van der Waals surface area contributed by atoms with E-state index in [-0.39, 0.29) is 16.3 Å². The van der Waals surface area contributed by atoms with Crippen molar-refractivity contribution < 1.29 is 14.3 Å². The van der Waals surface area contributed by atoms with E-state index in [1.165, 1.54) is 40.2 Å². The Morgan fingerprint density at radius 3 is 2.02 bits per heavy atom. The number of piperidine rings is 1. The van der Waals surface area contributed by atoms with Crippen molar-refractivity contribution in [2.75, 3.05) is 19.7 Å². The molecule has 1 atom stereocenters. The largest absolute Gasteiger partial charge is 0.462 e. The summed E-state index contributed by atoms with van der Waals surface area (Å²) in [5.74, 6) is -0.376. The van der Waals surface area contributed by atoms with Crippen LogP contribution in [0, 0.1) is 0 Å². The SMILES string of the molecule is CCOC(=O)c1cnn(CC=C2CN(C(c3ccccc3)(c3ccccc3)c3ccccc3)CCC2SC(C)=O)c1. The van der Waals surface area contributed by atoms with Crippen LogP contribution in [0.3, 0.4) is 0 Å². The molecule has 41 heavy (non-hydrogen) atoms. The first-order valence-corrected chi connectivity index (χ1v) is 14.9. The standard InChI is InChI=1S/C34H35N3O3S/c1-3-40-33(39)28-23-35-37(25-28)22-19-27-24-36(21-20-32(27)41-26(2)38)34(29-13-7-4-8-14-29,30-15-9-5-10-16-30)31-17-11-6-12-18-31/h4-19,23,25,32H,3,20-22,24H2,1-2H3. The van der Waals surface area contributed by atoms with Crippen LogP contribution in [0.5, 0.6) is 0 Å². The molecule has 0 bridgehead atoms. The number of ether oxygens (including phenoxy) is 1. The van der Waals surface area contributed by atoms with Gasteiger partial charge < -0.3 is 4.74 Å². The van der Waals surface area contributed by atoms with Crippen molar-refractivity contribution in [1.29, 1.82) is 0 Å². The van der Waals surface area contributed by atoms with Gasteiger partial charge >= 0.3 is 5.97 Å². The monoisotopic (exact) mass is 565 g/mol. The van der Waals surface area contributed by atoms with Crippen LogP contribution in [-0.4, -0.2) is 50.7 Å². The van der Waals surface area contributed by atoms with E-state index in [4.69, 9.17) is 4.74 Å². The summed E-state index contributed by atoms with van der Waals surface area (Å²) in [6.45, 7) is 5.72. The van der Waals surface area contributed by atoms with Crippen LogP contribution in [0.4, 0.5) is 0 Å². The van der Waals surface area contributed by atoms with Crippen molar-refractivity contribution in [1.82, 2.24) is 14.7 Å². The van der Waals surface area contributed by atoms with Gasteiger partial charge in [0.2, 0.25) is 0 Å². The second-order valence-corrected chi connectivity index (χ2v) is 11.4. The van der Waals surface area contributed by atoms with Crippen molar-refractivity contribution in [2.24, 2.45) is 0 Å². The number of hydrogen-bond donors (Lipinski definition) is 0. The number of esters is 1. The number of carbonyl (C=O) groups is 2. The molecule has 2 heterocycles. The summed E-state index contributed by atoms with van der Waals surface area (Å²) in [5.41, 5.74) is 4.66. The molecule has 1 unspecified atom stereocenters. The molecule has 3 aromatic carbocycles. The third kappa shape index (κ3) is 6.21. The summed E-state index contributed by atoms with van der Waals surface area (Å²) in [5, 5.41) is 4.57. The van der Waals surface area contributed by atoms with E-state index < -0.39 is 5.54 Å². The molecule has 0 aliphatic carbocycles. The second-order valence-electron chi connectivity index (χ2n) is 10.1. The van der Waals surface area contributed by atoms with Gasteiger partial charge in [0.1, 0.15) is 0 Å². The highest BCUT2D eigenvalue weighted by molar-refractivity contribution is 8.14. The van der Waals surface area contributed by atoms with Crippen LogP contribution in [0.1, 0.15) is 47.3 Å². The zero-order valence-electron chi connectivity index (χ0n) is 23.5. The number of thioether (sulfide) groups is 1. The number of hydrogen-bond acceptors (Lipinski definition) is 6. The van der Waals surface area contributed by atoms with Gasteiger partial charge in [0.05, 0.1) is 30.5 Å². The van der Waals surface area contributed by atoms with E-state index in [0.717, 1.165) is 13.0 Å². The number of aromatic nitrogens is 2. The fourth-order valence-electron chi connectivity index (χ4n) is 5.76. The topological polar surface area (TPSA) is 64.4 Å². The van der Waals surface area contributed by atoms with E-state index >= 15 is 0 Å². The first kappa shape index (κ1) is 28.6. The van der Waals surface area contributed by atoms with Crippen LogP contribution in [0.15, 0.2) is 115 Å². The van der Waals surface area contributed by atoms with Gasteiger partial charge in [-0.15, -0.1) is 0 Å². The molecule has 1 aliphatic rings. The third-order valence-electron chi connectivity index (χ3n) is 7.49. The maximum atomic E-state index is 12.3. The van der Waals surface area contributed by atoms with Crippen molar-refractivity contribution in [3.8, 4) is 0 Å². The van der Waals surface area contributed by atoms with Crippen LogP contribution in [0.25, 0.3) is 0 Å². The van der Waals surface area contributed by atoms with Crippen LogP contribution in [-0.2, 0) is 21.6 Å². The van der Waals surface area contributed by atoms with Gasteiger partial charge in [0.15, 0.2) is 5.12 Å². The van der Waals surface area contributed by atoms with Gasteiger partial charge in [0.25, 0.3) is 0 Å². The molecule has 210 valence electrons. The minimum absolute atomic E-state index is 0.0730. The normalized spacial score (nSPS) is 16.9. The minimum atomic E-state index is -0.530. The Balaban J connectivity index is 1.57. The van der Waals surface area contributed by atoms with Crippen LogP contribution >= 0.6 is 11.8 Å². The van der Waals surface area contributed by atoms with E-state index in [1.54, 1.807) is 24.7 Å². The van der Waals surface area contributed by atoms with Gasteiger partial charge in [0, 0.05) is 31.5 Å². The number of allylic oxidation sites excluding steroid dienone is 1. The highest BCUT2D eigenvalue weighted by atomic mass is 32.2. The number of nitrogens with zero attached hydrogens (tertiary/aromatic N) is 3. The van der Waals surface area contributed by atoms with Crippen molar-refractivity contribution in [3.63, 3.8) is 0 Å². The van der Waals surface area contributed by atoms with Gasteiger partial charge in [-0.25, -0.2) is 4.79 Å². The summed E-state index contributed by atoms with van der Waals surface area (Å²) in [4.78, 5) is 27.0. The molecule has 7 heteroatoms. The minimum Gasteiger partial charge on any atom is -0.462 e. The molecule has 4 aromatic rings. The maximum Gasteiger partial charge on any atom is 0.341 e. The first-order valence-electron chi connectivity index (χ1n) is 14.0. The Kier molecular flexibility index (Phi) is 9.17. The summed E-state index contributed by atoms with van der Waals surface area (Å²) >= 11 is 1.40. The maximum absolute atomic E-state index is 12.3. The van der Waals surface area contributed by atoms with E-state index in [9.17, 15) is 9.59 Å². The average molecular weight is 566 g/mol. The number of benzene rings is 3. The Labute approximate surface area is 246 Å². The number of likely N-dealkylation sites (tertiary alicyclic amines) is 1. The van der Waals surface area contributed by atoms with Gasteiger partial charge in [-0.1, -0.05) is 109 Å². The predicted molar refractivity (Wildman–Crippen MR) is 164 cm³/mol. The molecule has 1 aromatic heterocycles. The van der Waals surface area contributed by atoms with Crippen LogP contribution in [0.2, 0.25) is 0 Å². The third-order valence-corrected chi connectivity index (χ3v) is 8.65. The molecule has 6 nitrogen and oxygen atoms in total. The van der Waals surface area contributed by atoms with Gasteiger partial charge in [-0.2, -0.15) is 5.10 Å². The number of carbonyl (C=O) groups excluding carboxylic acids is 2. The zero-order chi connectivity index (χ0) is 28.7. The Hall–Kier alpha value is -3.94. The summed E-state index contributed by atoms with van der Waals surface area (Å²) in [7, 11) is 0. The first-order chi connectivity index (χ1) is 20.0. The van der Waals surface area contributed by atoms with Crippen molar-refractivity contribution >= 4 is 22.8 Å². The Bertz CT molecular complexity index is 1390. The summed E-state index contributed by atoms with van der Waals surface area (Å²) < 4.78 is 6.86. The van der Waals surface area contributed by atoms with Gasteiger partial charge in [-0.3, -0.25) is 14.4 Å². The Morgan fingerprint density at radius 2 is 1.51 bits per heavy atom. The lowest BCUT2D eigenvalue weighted by Crippen LogP contribution is -2.52. The fourth-order valence-corrected chi connectivity index (χ4v) is 6.70. The number of rotatable bonds is 9. The summed E-state index contributed by atoms with van der Waals surface area (Å²) in [6, 6.07) is 32.0. The quantitative estimate of drug-likeness (QED) is 0.134. The molecule has 1 fully saturated rings. The smallest absolute Gasteiger partial charge is 0.341 e. The lowest BCUT2D eigenvalue weighted by Gasteiger charge is -2.49. The molecule has 0 saturated carbocycles. The highest BCUT2D eigenvalue weighted by Crippen LogP contribution is 2.45. The van der Waals surface area contributed by atoms with E-state index in [0.29, 0.717) is 25.3 Å². The molecular weight excluding hydrogens is 530 g/mol. The lowest BCUT2D eigenvalue weighted by atomic mass is 9.74. The molecule has 1 saturated heterocycles. The lowest BCUT2D eigenvalue weighted by molar-refractivity contribution is -0.109. The van der Waals surface area contributed by atoms with E-state index in [2.05, 4.69) is 107 Å². The molecule has 0 N–H and O–H groups in total. The van der Waals surface area contributed by atoms with Crippen LogP contribution < -0.4 is 0 Å². The molecular formula is C34H35N3O3S. The molecule has 0 radical (unpaired) electrons. The Morgan fingerprint density at radius 1 is 0.951 bits per heavy atom. The summed E-state index contributed by atoms with van der Waals surface area (Å²) in [6.07, 6.45) is 6.25. The van der Waals surface area contributed by atoms with Crippen molar-refractivity contribution in [2.45, 2.75) is 37.6 Å².